The Hall–Kier alpha value is -1.33. The van der Waals surface area contributed by atoms with E-state index in [1.807, 2.05) is 0 Å². The van der Waals surface area contributed by atoms with Crippen molar-refractivity contribution in [2.45, 2.75) is 38.4 Å². The number of nitrogens with zero attached hydrogens (tertiary/aromatic N) is 2. The van der Waals surface area contributed by atoms with Gasteiger partial charge in [-0.3, -0.25) is 9.13 Å². The molecule has 0 aliphatic carbocycles. The Labute approximate surface area is 150 Å². The number of anilines is 1. The third-order valence-electron chi connectivity index (χ3n) is 3.65. The van der Waals surface area contributed by atoms with E-state index in [0.717, 1.165) is 4.57 Å². The van der Waals surface area contributed by atoms with Crippen LogP contribution in [0.1, 0.15) is 20.1 Å². The van der Waals surface area contributed by atoms with Gasteiger partial charge in [0.2, 0.25) is 0 Å². The van der Waals surface area contributed by atoms with Gasteiger partial charge in [-0.15, -0.1) is 0 Å². The Morgan fingerprint density at radius 2 is 1.96 bits per heavy atom. The molecular formula is C14H24N3O8P. The van der Waals surface area contributed by atoms with Crippen LogP contribution in [0.4, 0.5) is 5.82 Å². The second kappa shape index (κ2) is 9.05. The Balaban J connectivity index is 1.99. The first-order valence-electron chi connectivity index (χ1n) is 8.13. The zero-order valence-corrected chi connectivity index (χ0v) is 15.4. The molecule has 0 spiro atoms. The van der Waals surface area contributed by atoms with Crippen LogP contribution < -0.4 is 11.4 Å². The zero-order valence-electron chi connectivity index (χ0n) is 14.6. The minimum Gasteiger partial charge on any atom is -0.387 e. The Bertz CT molecular complexity index is 689. The summed E-state index contributed by atoms with van der Waals surface area (Å²) in [4.78, 5) is 15.4. The van der Waals surface area contributed by atoms with E-state index in [1.54, 1.807) is 13.8 Å². The van der Waals surface area contributed by atoms with Gasteiger partial charge >= 0.3 is 13.3 Å². The summed E-state index contributed by atoms with van der Waals surface area (Å²) >= 11 is 0. The molecule has 12 heteroatoms. The number of rotatable bonds is 9. The number of hydrogen-bond donors (Lipinski definition) is 3. The Morgan fingerprint density at radius 1 is 1.31 bits per heavy atom. The summed E-state index contributed by atoms with van der Waals surface area (Å²) in [6, 6.07) is 1.37. The quantitative estimate of drug-likeness (QED) is 0.475. The van der Waals surface area contributed by atoms with Gasteiger partial charge in [0, 0.05) is 6.20 Å². The molecule has 1 aromatic rings. The highest BCUT2D eigenvalue weighted by atomic mass is 31.2. The first-order chi connectivity index (χ1) is 12.3. The molecule has 1 saturated heterocycles. The maximum atomic E-state index is 12.3. The third-order valence-corrected chi connectivity index (χ3v) is 5.45. The summed E-state index contributed by atoms with van der Waals surface area (Å²) < 4.78 is 34.3. The standard InChI is InChI=1S/C14H24N3O8P/c1-3-23-26(21,24-4-2)8-22-7-9-11(18)12(19)13(25-9)17-6-5-10(15)16-14(17)20/h5-6,9,11-13,18-19H,3-4,7-8H2,1-2H3,(H2,15,16,20). The fraction of sp³-hybridized carbons (Fsp3) is 0.714. The van der Waals surface area contributed by atoms with Gasteiger partial charge in [0.25, 0.3) is 0 Å². The second-order valence-corrected chi connectivity index (χ2v) is 7.53. The highest BCUT2D eigenvalue weighted by Gasteiger charge is 2.44. The molecule has 4 atom stereocenters. The van der Waals surface area contributed by atoms with Crippen molar-refractivity contribution in [1.82, 2.24) is 9.55 Å². The van der Waals surface area contributed by atoms with Gasteiger partial charge < -0.3 is 34.5 Å². The highest BCUT2D eigenvalue weighted by molar-refractivity contribution is 7.53. The molecule has 1 aromatic heterocycles. The molecule has 148 valence electrons. The molecule has 1 aliphatic rings. The summed E-state index contributed by atoms with van der Waals surface area (Å²) in [6.45, 7) is 3.55. The third kappa shape index (κ3) is 4.89. The van der Waals surface area contributed by atoms with Crippen molar-refractivity contribution in [1.29, 1.82) is 0 Å². The van der Waals surface area contributed by atoms with Crippen molar-refractivity contribution in [2.75, 3.05) is 31.9 Å². The maximum Gasteiger partial charge on any atom is 0.356 e. The topological polar surface area (TPSA) is 155 Å². The average Bonchev–Trinajstić information content (AvgIpc) is 2.84. The van der Waals surface area contributed by atoms with E-state index in [4.69, 9.17) is 24.3 Å². The number of nitrogen functional groups attached to an aromatic ring is 1. The molecule has 2 rings (SSSR count). The lowest BCUT2D eigenvalue weighted by molar-refractivity contribution is -0.0649. The molecule has 1 fully saturated rings. The normalized spacial score (nSPS) is 26.3. The predicted molar refractivity (Wildman–Crippen MR) is 90.5 cm³/mol. The van der Waals surface area contributed by atoms with E-state index in [-0.39, 0.29) is 32.0 Å². The molecular weight excluding hydrogens is 369 g/mol. The van der Waals surface area contributed by atoms with Crippen molar-refractivity contribution >= 4 is 13.4 Å². The van der Waals surface area contributed by atoms with E-state index in [2.05, 4.69) is 4.98 Å². The molecule has 0 aromatic carbocycles. The lowest BCUT2D eigenvalue weighted by Crippen LogP contribution is -2.36. The number of aliphatic hydroxyl groups excluding tert-OH is 2. The Kier molecular flexibility index (Phi) is 7.30. The van der Waals surface area contributed by atoms with Gasteiger partial charge in [-0.1, -0.05) is 0 Å². The van der Waals surface area contributed by atoms with Gasteiger partial charge in [0.1, 0.15) is 30.5 Å². The zero-order chi connectivity index (χ0) is 19.3. The first kappa shape index (κ1) is 21.0. The monoisotopic (exact) mass is 393 g/mol. The van der Waals surface area contributed by atoms with E-state index >= 15 is 0 Å². The molecule has 26 heavy (non-hydrogen) atoms. The first-order valence-corrected chi connectivity index (χ1v) is 9.86. The molecule has 11 nitrogen and oxygen atoms in total. The Morgan fingerprint density at radius 3 is 2.54 bits per heavy atom. The number of aliphatic hydroxyl groups is 2. The highest BCUT2D eigenvalue weighted by Crippen LogP contribution is 2.48. The van der Waals surface area contributed by atoms with Crippen LogP contribution in [0.15, 0.2) is 17.1 Å². The summed E-state index contributed by atoms with van der Waals surface area (Å²) in [5.74, 6) is 0.0294. The van der Waals surface area contributed by atoms with E-state index < -0.39 is 37.8 Å². The van der Waals surface area contributed by atoms with Crippen LogP contribution >= 0.6 is 7.60 Å². The summed E-state index contributed by atoms with van der Waals surface area (Å²) in [7, 11) is -3.40. The fourth-order valence-electron chi connectivity index (χ4n) is 2.50. The van der Waals surface area contributed by atoms with Crippen molar-refractivity contribution in [3.8, 4) is 0 Å². The predicted octanol–water partition coefficient (Wildman–Crippen LogP) is -0.315. The van der Waals surface area contributed by atoms with Gasteiger partial charge in [-0.05, 0) is 19.9 Å². The van der Waals surface area contributed by atoms with Crippen molar-refractivity contribution in [2.24, 2.45) is 0 Å². The number of ether oxygens (including phenoxy) is 2. The van der Waals surface area contributed by atoms with Crippen molar-refractivity contribution < 1.29 is 33.3 Å². The van der Waals surface area contributed by atoms with Crippen LogP contribution in [-0.2, 0) is 23.1 Å². The summed E-state index contributed by atoms with van der Waals surface area (Å²) in [5.41, 5.74) is 4.70. The van der Waals surface area contributed by atoms with Crippen LogP contribution in [-0.4, -0.2) is 64.2 Å². The molecule has 4 N–H and O–H groups in total. The van der Waals surface area contributed by atoms with Crippen LogP contribution in [0.5, 0.6) is 0 Å². The number of aromatic nitrogens is 2. The van der Waals surface area contributed by atoms with Gasteiger partial charge in [0.15, 0.2) is 6.23 Å². The second-order valence-electron chi connectivity index (χ2n) is 5.53. The molecule has 0 bridgehead atoms. The van der Waals surface area contributed by atoms with Crippen LogP contribution in [0.2, 0.25) is 0 Å². The van der Waals surface area contributed by atoms with Crippen molar-refractivity contribution in [3.63, 3.8) is 0 Å². The smallest absolute Gasteiger partial charge is 0.356 e. The average molecular weight is 393 g/mol. The molecule has 0 radical (unpaired) electrons. The SMILES string of the molecule is CCOP(=O)(COCC1OC(n2ccc(N)nc2=O)C(O)C1O)OCC. The molecule has 2 heterocycles. The van der Waals surface area contributed by atoms with E-state index in [0.29, 0.717) is 0 Å². The van der Waals surface area contributed by atoms with Crippen LogP contribution in [0.25, 0.3) is 0 Å². The minimum absolute atomic E-state index is 0.0294. The van der Waals surface area contributed by atoms with Gasteiger partial charge in [-0.2, -0.15) is 4.98 Å². The molecule has 0 amide bonds. The van der Waals surface area contributed by atoms with Crippen LogP contribution in [0, 0.1) is 0 Å². The van der Waals surface area contributed by atoms with Crippen molar-refractivity contribution in [3.05, 3.63) is 22.7 Å². The van der Waals surface area contributed by atoms with Gasteiger partial charge in [-0.25, -0.2) is 4.79 Å². The molecule has 1 aliphatic heterocycles. The molecule has 4 unspecified atom stereocenters. The number of hydrogen-bond acceptors (Lipinski definition) is 10. The minimum atomic E-state index is -3.40. The van der Waals surface area contributed by atoms with Crippen LogP contribution in [0.3, 0.4) is 0 Å². The lowest BCUT2D eigenvalue weighted by Gasteiger charge is -2.19. The summed E-state index contributed by atoms with van der Waals surface area (Å²) in [6.07, 6.45) is -3.81. The fourth-order valence-corrected chi connectivity index (χ4v) is 3.84. The van der Waals surface area contributed by atoms with E-state index in [1.165, 1.54) is 12.3 Å². The maximum absolute atomic E-state index is 12.3. The summed E-state index contributed by atoms with van der Waals surface area (Å²) in [5, 5.41) is 20.3. The number of nitrogens with two attached hydrogens (primary N) is 1. The van der Waals surface area contributed by atoms with Gasteiger partial charge in [0.05, 0.1) is 19.8 Å². The largest absolute Gasteiger partial charge is 0.387 e. The molecule has 0 saturated carbocycles. The lowest BCUT2D eigenvalue weighted by atomic mass is 10.1. The van der Waals surface area contributed by atoms with E-state index in [9.17, 15) is 19.6 Å².